The summed E-state index contributed by atoms with van der Waals surface area (Å²) >= 11 is 0. The Morgan fingerprint density at radius 1 is 0.354 bits per heavy atom. The summed E-state index contributed by atoms with van der Waals surface area (Å²) in [6, 6.07) is 49.0. The summed E-state index contributed by atoms with van der Waals surface area (Å²) in [6.45, 7) is 0. The van der Waals surface area contributed by atoms with Gasteiger partial charge in [-0.05, 0) is 83.9 Å². The summed E-state index contributed by atoms with van der Waals surface area (Å²) < 4.78 is 0. The van der Waals surface area contributed by atoms with E-state index in [2.05, 4.69) is 34.2 Å². The van der Waals surface area contributed by atoms with E-state index < -0.39 is 10.8 Å². The number of hydrogen-bond acceptors (Lipinski definition) is 8. The van der Waals surface area contributed by atoms with Crippen LogP contribution in [0.3, 0.4) is 0 Å². The standard InChI is InChI=1S/C40H26N8/c41-27-39(28-42,31-11-15-35(16-12-31)47(33-7-3-1-4-8-33)37-19-23-45-24-20-37)40(29-43,30-44)32-13-17-36(18-14-32)48(34-9-5-2-6-10-34)38-21-25-46-26-22-38/h1-26H. The number of pyridine rings is 2. The Hall–Kier alpha value is -7.26. The number of nitrogens with zero attached hydrogens (tertiary/aromatic N) is 8. The second kappa shape index (κ2) is 13.4. The van der Waals surface area contributed by atoms with Gasteiger partial charge in [-0.2, -0.15) is 21.0 Å². The molecule has 0 atom stereocenters. The summed E-state index contributed by atoms with van der Waals surface area (Å²) in [4.78, 5) is 12.3. The van der Waals surface area contributed by atoms with Crippen molar-refractivity contribution in [3.05, 3.63) is 169 Å². The molecule has 0 amide bonds. The van der Waals surface area contributed by atoms with Crippen LogP contribution in [0.25, 0.3) is 0 Å². The molecule has 2 aromatic heterocycles. The van der Waals surface area contributed by atoms with Crippen LogP contribution in [0.1, 0.15) is 11.1 Å². The first kappa shape index (κ1) is 30.8. The van der Waals surface area contributed by atoms with Crippen molar-refractivity contribution in [2.75, 3.05) is 9.80 Å². The van der Waals surface area contributed by atoms with Gasteiger partial charge in [-0.1, -0.05) is 60.7 Å². The summed E-state index contributed by atoms with van der Waals surface area (Å²) in [7, 11) is 0. The van der Waals surface area contributed by atoms with Gasteiger partial charge in [0.25, 0.3) is 0 Å². The lowest BCUT2D eigenvalue weighted by Gasteiger charge is -2.33. The van der Waals surface area contributed by atoms with Crippen LogP contribution in [0, 0.1) is 45.3 Å². The van der Waals surface area contributed by atoms with Crippen molar-refractivity contribution in [2.45, 2.75) is 10.8 Å². The van der Waals surface area contributed by atoms with Crippen molar-refractivity contribution in [3.63, 3.8) is 0 Å². The van der Waals surface area contributed by atoms with E-state index in [1.807, 2.05) is 94.7 Å². The van der Waals surface area contributed by atoms with Crippen LogP contribution in [0.2, 0.25) is 0 Å². The number of para-hydroxylation sites is 2. The van der Waals surface area contributed by atoms with Crippen LogP contribution in [-0.2, 0) is 10.8 Å². The van der Waals surface area contributed by atoms with Gasteiger partial charge in [0, 0.05) is 58.9 Å². The highest BCUT2D eigenvalue weighted by Crippen LogP contribution is 2.46. The normalized spacial score (nSPS) is 10.8. The Morgan fingerprint density at radius 3 is 0.917 bits per heavy atom. The summed E-state index contributed by atoms with van der Waals surface area (Å²) in [5, 5.41) is 42.6. The predicted octanol–water partition coefficient (Wildman–Crippen LogP) is 8.69. The molecule has 6 aromatic rings. The number of anilines is 6. The third kappa shape index (κ3) is 5.33. The molecule has 226 valence electrons. The maximum atomic E-state index is 10.7. The Morgan fingerprint density at radius 2 is 0.625 bits per heavy atom. The van der Waals surface area contributed by atoms with Gasteiger partial charge in [0.1, 0.15) is 0 Å². The zero-order valence-electron chi connectivity index (χ0n) is 25.6. The lowest BCUT2D eigenvalue weighted by Crippen LogP contribution is -2.45. The molecule has 4 aromatic carbocycles. The monoisotopic (exact) mass is 618 g/mol. The maximum Gasteiger partial charge on any atom is 0.204 e. The molecule has 8 heteroatoms. The van der Waals surface area contributed by atoms with Crippen LogP contribution in [0.4, 0.5) is 34.1 Å². The molecule has 2 heterocycles. The van der Waals surface area contributed by atoms with E-state index in [1.54, 1.807) is 73.3 Å². The average molecular weight is 619 g/mol. The molecule has 0 N–H and O–H groups in total. The van der Waals surface area contributed by atoms with E-state index in [9.17, 15) is 21.0 Å². The minimum Gasteiger partial charge on any atom is -0.310 e. The second-order valence-corrected chi connectivity index (χ2v) is 10.8. The van der Waals surface area contributed by atoms with Crippen molar-refractivity contribution < 1.29 is 0 Å². The molecule has 0 unspecified atom stereocenters. The highest BCUT2D eigenvalue weighted by Gasteiger charge is 2.57. The lowest BCUT2D eigenvalue weighted by atomic mass is 9.59. The summed E-state index contributed by atoms with van der Waals surface area (Å²) in [6.07, 6.45) is 6.80. The molecule has 0 bridgehead atoms. The number of nitriles is 4. The van der Waals surface area contributed by atoms with Crippen molar-refractivity contribution >= 4 is 34.1 Å². The van der Waals surface area contributed by atoms with Gasteiger partial charge >= 0.3 is 0 Å². The largest absolute Gasteiger partial charge is 0.310 e. The van der Waals surface area contributed by atoms with Gasteiger partial charge in [-0.3, -0.25) is 9.97 Å². The Balaban J connectivity index is 1.42. The van der Waals surface area contributed by atoms with Gasteiger partial charge in [-0.25, -0.2) is 0 Å². The fourth-order valence-electron chi connectivity index (χ4n) is 5.83. The Kier molecular flexibility index (Phi) is 8.58. The van der Waals surface area contributed by atoms with Gasteiger partial charge < -0.3 is 9.80 Å². The minimum atomic E-state index is -2.16. The first-order valence-electron chi connectivity index (χ1n) is 15.0. The van der Waals surface area contributed by atoms with Crippen molar-refractivity contribution in [3.8, 4) is 24.3 Å². The van der Waals surface area contributed by atoms with Crippen LogP contribution in [-0.4, -0.2) is 9.97 Å². The highest BCUT2D eigenvalue weighted by atomic mass is 15.1. The van der Waals surface area contributed by atoms with Crippen LogP contribution in [0.5, 0.6) is 0 Å². The molecule has 8 nitrogen and oxygen atoms in total. The van der Waals surface area contributed by atoms with E-state index in [-0.39, 0.29) is 11.1 Å². The molecule has 0 saturated carbocycles. The van der Waals surface area contributed by atoms with Crippen LogP contribution < -0.4 is 9.80 Å². The van der Waals surface area contributed by atoms with Crippen LogP contribution >= 0.6 is 0 Å². The zero-order valence-corrected chi connectivity index (χ0v) is 25.6. The smallest absolute Gasteiger partial charge is 0.204 e. The van der Waals surface area contributed by atoms with Crippen molar-refractivity contribution in [1.82, 2.24) is 9.97 Å². The number of aromatic nitrogens is 2. The fraction of sp³-hybridized carbons (Fsp3) is 0.0500. The number of rotatable bonds is 9. The second-order valence-electron chi connectivity index (χ2n) is 10.8. The summed E-state index contributed by atoms with van der Waals surface area (Å²) in [5.41, 5.74) is 1.15. The SMILES string of the molecule is N#CC(C#N)(c1ccc(N(c2ccccc2)c2ccncc2)cc1)C(C#N)(C#N)c1ccc(N(c2ccccc2)c2ccncc2)cc1. The first-order chi connectivity index (χ1) is 23.6. The molecule has 0 radical (unpaired) electrons. The molecule has 48 heavy (non-hydrogen) atoms. The Bertz CT molecular complexity index is 1890. The number of hydrogen-bond donors (Lipinski definition) is 0. The van der Waals surface area contributed by atoms with Gasteiger partial charge in [0.2, 0.25) is 10.8 Å². The maximum absolute atomic E-state index is 10.7. The molecule has 6 rings (SSSR count). The topological polar surface area (TPSA) is 127 Å². The van der Waals surface area contributed by atoms with Crippen LogP contribution in [0.15, 0.2) is 158 Å². The van der Waals surface area contributed by atoms with E-state index >= 15 is 0 Å². The van der Waals surface area contributed by atoms with Gasteiger partial charge in [0.05, 0.1) is 24.3 Å². The third-order valence-corrected chi connectivity index (χ3v) is 8.22. The fourth-order valence-corrected chi connectivity index (χ4v) is 5.83. The highest BCUT2D eigenvalue weighted by molar-refractivity contribution is 5.78. The average Bonchev–Trinajstić information content (AvgIpc) is 3.17. The molecular weight excluding hydrogens is 592 g/mol. The summed E-state index contributed by atoms with van der Waals surface area (Å²) in [5.74, 6) is 0. The molecule has 0 aliphatic carbocycles. The molecule has 0 aliphatic heterocycles. The van der Waals surface area contributed by atoms with Gasteiger partial charge in [-0.15, -0.1) is 0 Å². The van der Waals surface area contributed by atoms with E-state index in [1.165, 1.54) is 0 Å². The van der Waals surface area contributed by atoms with E-state index in [0.29, 0.717) is 0 Å². The molecule has 0 fully saturated rings. The van der Waals surface area contributed by atoms with Crippen molar-refractivity contribution in [1.29, 1.82) is 21.0 Å². The van der Waals surface area contributed by atoms with E-state index in [0.717, 1.165) is 34.1 Å². The predicted molar refractivity (Wildman–Crippen MR) is 184 cm³/mol. The molecule has 0 aliphatic rings. The zero-order chi connectivity index (χ0) is 33.4. The molecule has 0 spiro atoms. The third-order valence-electron chi connectivity index (χ3n) is 8.22. The van der Waals surface area contributed by atoms with Crippen molar-refractivity contribution in [2.24, 2.45) is 0 Å². The quantitative estimate of drug-likeness (QED) is 0.157. The van der Waals surface area contributed by atoms with Gasteiger partial charge in [0.15, 0.2) is 0 Å². The minimum absolute atomic E-state index is 0.230. The van der Waals surface area contributed by atoms with E-state index in [4.69, 9.17) is 0 Å². The molecular formula is C40H26N8. The molecule has 0 saturated heterocycles. The Labute approximate surface area is 278 Å². The first-order valence-corrected chi connectivity index (χ1v) is 15.0. The number of benzene rings is 4. The lowest BCUT2D eigenvalue weighted by molar-refractivity contribution is 0.524.